The maximum Gasteiger partial charge on any atom is 0.323 e. The molecule has 1 heterocycles. The first-order chi connectivity index (χ1) is 9.11. The first-order valence-corrected chi connectivity index (χ1v) is 6.61. The fraction of sp³-hybridized carbons (Fsp3) is 0.750. The van der Waals surface area contributed by atoms with Crippen molar-refractivity contribution in [3.05, 3.63) is 0 Å². The van der Waals surface area contributed by atoms with E-state index in [0.717, 1.165) is 26.1 Å². The van der Waals surface area contributed by atoms with Gasteiger partial charge in [0.05, 0.1) is 6.10 Å². The summed E-state index contributed by atoms with van der Waals surface area (Å²) in [6.07, 6.45) is 1.91. The number of nitrogens with one attached hydrogen (secondary N) is 1. The average Bonchev–Trinajstić information content (AvgIpc) is 2.32. The quantitative estimate of drug-likeness (QED) is 0.655. The summed E-state index contributed by atoms with van der Waals surface area (Å²) in [4.78, 5) is 12.0. The molecule has 0 saturated carbocycles. The molecule has 0 saturated heterocycles. The van der Waals surface area contributed by atoms with Crippen molar-refractivity contribution in [2.24, 2.45) is 0 Å². The molecule has 0 fully saturated rings. The number of nitrogens with two attached hydrogens (primary N) is 1. The van der Waals surface area contributed by atoms with Gasteiger partial charge in [-0.1, -0.05) is 6.92 Å². The molecule has 0 aromatic carbocycles. The van der Waals surface area contributed by atoms with Gasteiger partial charge in [0.15, 0.2) is 0 Å². The summed E-state index contributed by atoms with van der Waals surface area (Å²) in [7, 11) is 0. The van der Waals surface area contributed by atoms with Crippen LogP contribution in [0.2, 0.25) is 0 Å². The van der Waals surface area contributed by atoms with Crippen LogP contribution in [0.15, 0.2) is 0 Å². The Hall–Kier alpha value is -1.63. The predicted octanol–water partition coefficient (Wildman–Crippen LogP) is 1.47. The summed E-state index contributed by atoms with van der Waals surface area (Å²) < 4.78 is 10.8. The number of hydrogen-bond donors (Lipinski definition) is 2. The van der Waals surface area contributed by atoms with E-state index >= 15 is 0 Å². The molecule has 0 amide bonds. The van der Waals surface area contributed by atoms with Gasteiger partial charge in [-0.15, -0.1) is 0 Å². The third-order valence-corrected chi connectivity index (χ3v) is 2.07. The number of ether oxygens (including phenoxy) is 2. The molecule has 0 bridgehead atoms. The van der Waals surface area contributed by atoms with Crippen molar-refractivity contribution in [1.29, 1.82) is 0 Å². The minimum atomic E-state index is -0.00269. The summed E-state index contributed by atoms with van der Waals surface area (Å²) >= 11 is 0. The molecule has 3 N–H and O–H groups in total. The summed E-state index contributed by atoms with van der Waals surface area (Å²) in [5.74, 6) is 0.578. The van der Waals surface area contributed by atoms with Gasteiger partial charge in [-0.25, -0.2) is 0 Å². The molecular formula is C12H23N5O2. The van der Waals surface area contributed by atoms with Crippen molar-refractivity contribution in [3.63, 3.8) is 0 Å². The molecule has 19 heavy (non-hydrogen) atoms. The van der Waals surface area contributed by atoms with Crippen LogP contribution in [0.25, 0.3) is 0 Å². The molecule has 7 nitrogen and oxygen atoms in total. The van der Waals surface area contributed by atoms with Crippen molar-refractivity contribution in [2.45, 2.75) is 39.7 Å². The molecule has 1 aromatic rings. The lowest BCUT2D eigenvalue weighted by molar-refractivity contribution is 0.134. The molecule has 0 atom stereocenters. The number of nitrogens with zero attached hydrogens (tertiary/aromatic N) is 3. The maximum absolute atomic E-state index is 5.60. The lowest BCUT2D eigenvalue weighted by Gasteiger charge is -2.10. The SMILES string of the molecule is CCCOCCCNc1nc(N)nc(OC(C)C)n1. The van der Waals surface area contributed by atoms with Crippen LogP contribution in [0.3, 0.4) is 0 Å². The van der Waals surface area contributed by atoms with Crippen LogP contribution < -0.4 is 15.8 Å². The standard InChI is InChI=1S/C12H23N5O2/c1-4-7-18-8-5-6-14-11-15-10(13)16-12(17-11)19-9(2)3/h9H,4-8H2,1-3H3,(H3,13,14,15,16,17). The zero-order chi connectivity index (χ0) is 14.1. The van der Waals surface area contributed by atoms with Crippen molar-refractivity contribution >= 4 is 11.9 Å². The molecule has 0 spiro atoms. The highest BCUT2D eigenvalue weighted by Gasteiger charge is 2.06. The van der Waals surface area contributed by atoms with Gasteiger partial charge in [0, 0.05) is 19.8 Å². The van der Waals surface area contributed by atoms with E-state index in [9.17, 15) is 0 Å². The minimum Gasteiger partial charge on any atom is -0.461 e. The number of hydrogen-bond acceptors (Lipinski definition) is 7. The van der Waals surface area contributed by atoms with E-state index in [-0.39, 0.29) is 18.1 Å². The van der Waals surface area contributed by atoms with Gasteiger partial charge >= 0.3 is 6.01 Å². The van der Waals surface area contributed by atoms with E-state index in [2.05, 4.69) is 27.2 Å². The molecule has 0 aliphatic carbocycles. The molecule has 0 aliphatic heterocycles. The first kappa shape index (κ1) is 15.4. The van der Waals surface area contributed by atoms with Crippen LogP contribution in [-0.2, 0) is 4.74 Å². The summed E-state index contributed by atoms with van der Waals surface area (Å²) in [6, 6.07) is 0.243. The molecule has 0 radical (unpaired) electrons. The van der Waals surface area contributed by atoms with Crippen molar-refractivity contribution in [3.8, 4) is 6.01 Å². The van der Waals surface area contributed by atoms with Gasteiger partial charge in [-0.3, -0.25) is 0 Å². The second-order valence-electron chi connectivity index (χ2n) is 4.36. The Bertz CT molecular complexity index is 373. The van der Waals surface area contributed by atoms with Gasteiger partial charge in [-0.2, -0.15) is 15.0 Å². The highest BCUT2D eigenvalue weighted by molar-refractivity contribution is 5.32. The third-order valence-electron chi connectivity index (χ3n) is 2.07. The third kappa shape index (κ3) is 6.76. The van der Waals surface area contributed by atoms with Crippen LogP contribution in [0, 0.1) is 0 Å². The lowest BCUT2D eigenvalue weighted by Crippen LogP contribution is -2.14. The minimum absolute atomic E-state index is 0.00269. The predicted molar refractivity (Wildman–Crippen MR) is 74.2 cm³/mol. The zero-order valence-electron chi connectivity index (χ0n) is 11.8. The van der Waals surface area contributed by atoms with Crippen LogP contribution in [0.1, 0.15) is 33.6 Å². The van der Waals surface area contributed by atoms with E-state index in [0.29, 0.717) is 12.5 Å². The maximum atomic E-state index is 5.60. The Labute approximate surface area is 113 Å². The summed E-state index contributed by atoms with van der Waals surface area (Å²) in [6.45, 7) is 8.12. The van der Waals surface area contributed by atoms with Crippen LogP contribution in [0.5, 0.6) is 6.01 Å². The molecule has 0 unspecified atom stereocenters. The van der Waals surface area contributed by atoms with Gasteiger partial charge in [0.25, 0.3) is 0 Å². The van der Waals surface area contributed by atoms with E-state index in [4.69, 9.17) is 15.2 Å². The average molecular weight is 269 g/mol. The summed E-state index contributed by atoms with van der Waals surface area (Å²) in [5.41, 5.74) is 5.60. The Morgan fingerprint density at radius 2 is 2.00 bits per heavy atom. The van der Waals surface area contributed by atoms with Gasteiger partial charge in [0.1, 0.15) is 0 Å². The van der Waals surface area contributed by atoms with Crippen LogP contribution >= 0.6 is 0 Å². The van der Waals surface area contributed by atoms with Crippen molar-refractivity contribution in [2.75, 3.05) is 30.8 Å². The second kappa shape index (κ2) is 8.47. The van der Waals surface area contributed by atoms with E-state index < -0.39 is 0 Å². The largest absolute Gasteiger partial charge is 0.461 e. The van der Waals surface area contributed by atoms with E-state index in [1.807, 2.05) is 13.8 Å². The number of aromatic nitrogens is 3. The monoisotopic (exact) mass is 269 g/mol. The lowest BCUT2D eigenvalue weighted by atomic mass is 10.4. The molecule has 108 valence electrons. The van der Waals surface area contributed by atoms with Crippen LogP contribution in [0.4, 0.5) is 11.9 Å². The molecule has 0 aliphatic rings. The Morgan fingerprint density at radius 3 is 2.68 bits per heavy atom. The fourth-order valence-electron chi connectivity index (χ4n) is 1.34. The first-order valence-electron chi connectivity index (χ1n) is 6.61. The number of anilines is 2. The normalized spacial score (nSPS) is 10.7. The molecule has 1 aromatic heterocycles. The highest BCUT2D eigenvalue weighted by atomic mass is 16.5. The Balaban J connectivity index is 2.38. The van der Waals surface area contributed by atoms with Gasteiger partial charge in [0.2, 0.25) is 11.9 Å². The van der Waals surface area contributed by atoms with Gasteiger partial charge in [-0.05, 0) is 26.7 Å². The fourth-order valence-corrected chi connectivity index (χ4v) is 1.34. The summed E-state index contributed by atoms with van der Waals surface area (Å²) in [5, 5.41) is 3.07. The number of nitrogen functional groups attached to an aromatic ring is 1. The highest BCUT2D eigenvalue weighted by Crippen LogP contribution is 2.10. The van der Waals surface area contributed by atoms with Crippen molar-refractivity contribution < 1.29 is 9.47 Å². The van der Waals surface area contributed by atoms with Crippen LogP contribution in [-0.4, -0.2) is 40.8 Å². The Kier molecular flexibility index (Phi) is 6.88. The van der Waals surface area contributed by atoms with E-state index in [1.165, 1.54) is 0 Å². The zero-order valence-corrected chi connectivity index (χ0v) is 11.8. The molecule has 7 heteroatoms. The van der Waals surface area contributed by atoms with Crippen molar-refractivity contribution in [1.82, 2.24) is 15.0 Å². The molecular weight excluding hydrogens is 246 g/mol. The Morgan fingerprint density at radius 1 is 1.21 bits per heavy atom. The molecule has 1 rings (SSSR count). The smallest absolute Gasteiger partial charge is 0.323 e. The topological polar surface area (TPSA) is 95.2 Å². The van der Waals surface area contributed by atoms with E-state index in [1.54, 1.807) is 0 Å². The van der Waals surface area contributed by atoms with Gasteiger partial charge < -0.3 is 20.5 Å². The second-order valence-corrected chi connectivity index (χ2v) is 4.36. The number of rotatable bonds is 9.